The minimum atomic E-state index is -0.00477. The first kappa shape index (κ1) is 12.5. The van der Waals surface area contributed by atoms with E-state index in [2.05, 4.69) is 27.7 Å². The van der Waals surface area contributed by atoms with E-state index in [9.17, 15) is 4.79 Å². The van der Waals surface area contributed by atoms with Crippen LogP contribution in [0.1, 0.15) is 40.5 Å². The zero-order chi connectivity index (χ0) is 11.6. The number of nitrogens with zero attached hydrogens (tertiary/aromatic N) is 1. The van der Waals surface area contributed by atoms with Gasteiger partial charge in [0, 0.05) is 7.05 Å². The van der Waals surface area contributed by atoms with Crippen molar-refractivity contribution in [1.29, 1.82) is 0 Å². The van der Waals surface area contributed by atoms with Gasteiger partial charge in [0.25, 0.3) is 0 Å². The molecule has 2 atom stereocenters. The summed E-state index contributed by atoms with van der Waals surface area (Å²) in [5.41, 5.74) is 0.348. The monoisotopic (exact) mass is 213 g/mol. The molecule has 0 aromatic carbocycles. The molecule has 3 nitrogen and oxygen atoms in total. The van der Waals surface area contributed by atoms with E-state index in [0.29, 0.717) is 11.3 Å². The van der Waals surface area contributed by atoms with Gasteiger partial charge in [-0.05, 0) is 24.2 Å². The number of hydrogen-bond donors (Lipinski definition) is 0. The van der Waals surface area contributed by atoms with Gasteiger partial charge >= 0.3 is 0 Å². The maximum absolute atomic E-state index is 11.3. The molecule has 1 aliphatic heterocycles. The molecule has 15 heavy (non-hydrogen) atoms. The molecule has 88 valence electrons. The first-order valence-electron chi connectivity index (χ1n) is 5.67. The normalized spacial score (nSPS) is 24.7. The van der Waals surface area contributed by atoms with Gasteiger partial charge in [0.1, 0.15) is 12.8 Å². The summed E-state index contributed by atoms with van der Waals surface area (Å²) < 4.78 is 5.44. The molecule has 1 fully saturated rings. The fraction of sp³-hybridized carbons (Fsp3) is 0.917. The molecule has 1 saturated heterocycles. The summed E-state index contributed by atoms with van der Waals surface area (Å²) >= 11 is 0. The quantitative estimate of drug-likeness (QED) is 0.719. The second-order valence-electron chi connectivity index (χ2n) is 5.88. The lowest BCUT2D eigenvalue weighted by atomic mass is 9.84. The van der Waals surface area contributed by atoms with Crippen molar-refractivity contribution >= 4 is 5.91 Å². The predicted molar refractivity (Wildman–Crippen MR) is 60.4 cm³/mol. The molecule has 0 saturated carbocycles. The lowest BCUT2D eigenvalue weighted by Crippen LogP contribution is -2.31. The summed E-state index contributed by atoms with van der Waals surface area (Å²) in [6.45, 7) is 9.21. The van der Waals surface area contributed by atoms with Gasteiger partial charge in [0.05, 0.1) is 0 Å². The Balaban J connectivity index is 2.39. The minimum Gasteiger partial charge on any atom is -0.348 e. The number of carbonyl (C=O) groups excluding carboxylic acids is 1. The van der Waals surface area contributed by atoms with Crippen molar-refractivity contribution in [2.75, 3.05) is 13.7 Å². The third kappa shape index (κ3) is 3.82. The predicted octanol–water partition coefficient (Wildman–Crippen LogP) is 2.26. The molecule has 0 aliphatic carbocycles. The molecular formula is C12H23NO2. The molecule has 0 aromatic heterocycles. The second kappa shape index (κ2) is 4.52. The van der Waals surface area contributed by atoms with E-state index in [1.165, 1.54) is 0 Å². The maximum Gasteiger partial charge on any atom is 0.250 e. The van der Waals surface area contributed by atoms with Gasteiger partial charge in [-0.3, -0.25) is 4.79 Å². The van der Waals surface area contributed by atoms with E-state index in [1.807, 2.05) is 7.05 Å². The van der Waals surface area contributed by atoms with Crippen molar-refractivity contribution in [1.82, 2.24) is 4.90 Å². The zero-order valence-corrected chi connectivity index (χ0v) is 10.5. The van der Waals surface area contributed by atoms with Crippen LogP contribution in [0.2, 0.25) is 0 Å². The molecule has 0 bridgehead atoms. The highest BCUT2D eigenvalue weighted by Gasteiger charge is 2.30. The summed E-state index contributed by atoms with van der Waals surface area (Å²) in [6, 6.07) is 0. The molecule has 2 unspecified atom stereocenters. The fourth-order valence-electron chi connectivity index (χ4n) is 2.24. The van der Waals surface area contributed by atoms with Gasteiger partial charge in [0.2, 0.25) is 5.91 Å². The minimum absolute atomic E-state index is 0.00477. The largest absolute Gasteiger partial charge is 0.348 e. The van der Waals surface area contributed by atoms with Crippen LogP contribution in [-0.4, -0.2) is 30.7 Å². The van der Waals surface area contributed by atoms with E-state index in [-0.39, 0.29) is 18.7 Å². The molecular weight excluding hydrogens is 190 g/mol. The smallest absolute Gasteiger partial charge is 0.250 e. The number of likely N-dealkylation sites (N-methyl/N-ethyl adjacent to an activating group) is 1. The molecule has 3 heteroatoms. The van der Waals surface area contributed by atoms with Crippen molar-refractivity contribution in [3.05, 3.63) is 0 Å². The van der Waals surface area contributed by atoms with E-state index < -0.39 is 0 Å². The van der Waals surface area contributed by atoms with Crippen molar-refractivity contribution in [2.45, 2.75) is 46.8 Å². The van der Waals surface area contributed by atoms with Crippen LogP contribution < -0.4 is 0 Å². The van der Waals surface area contributed by atoms with Crippen LogP contribution in [0.5, 0.6) is 0 Å². The van der Waals surface area contributed by atoms with Crippen LogP contribution in [0.15, 0.2) is 0 Å². The average Bonchev–Trinajstić information content (AvgIpc) is 2.32. The Kier molecular flexibility index (Phi) is 3.77. The Morgan fingerprint density at radius 1 is 1.53 bits per heavy atom. The number of carbonyl (C=O) groups is 1. The van der Waals surface area contributed by atoms with E-state index in [1.54, 1.807) is 4.90 Å². The topological polar surface area (TPSA) is 29.5 Å². The molecule has 1 amide bonds. The van der Waals surface area contributed by atoms with Crippen LogP contribution in [-0.2, 0) is 9.53 Å². The molecule has 0 aromatic rings. The molecule has 1 aliphatic rings. The number of ether oxygens (including phenoxy) is 1. The third-order valence-corrected chi connectivity index (χ3v) is 2.79. The van der Waals surface area contributed by atoms with Crippen LogP contribution in [0.4, 0.5) is 0 Å². The third-order valence-electron chi connectivity index (χ3n) is 2.79. The summed E-state index contributed by atoms with van der Waals surface area (Å²) in [7, 11) is 1.82. The van der Waals surface area contributed by atoms with Gasteiger partial charge < -0.3 is 9.64 Å². The Morgan fingerprint density at radius 3 is 2.53 bits per heavy atom. The van der Waals surface area contributed by atoms with Crippen LogP contribution in [0.3, 0.4) is 0 Å². The molecule has 1 heterocycles. The highest BCUT2D eigenvalue weighted by Crippen LogP contribution is 2.28. The molecule has 0 radical (unpaired) electrons. The van der Waals surface area contributed by atoms with Crippen molar-refractivity contribution in [3.63, 3.8) is 0 Å². The average molecular weight is 213 g/mol. The zero-order valence-electron chi connectivity index (χ0n) is 10.5. The van der Waals surface area contributed by atoms with Crippen molar-refractivity contribution in [2.24, 2.45) is 11.3 Å². The summed E-state index contributed by atoms with van der Waals surface area (Å²) in [5.74, 6) is 0.686. The van der Waals surface area contributed by atoms with Gasteiger partial charge in [-0.2, -0.15) is 0 Å². The van der Waals surface area contributed by atoms with Gasteiger partial charge in [-0.1, -0.05) is 27.7 Å². The Morgan fingerprint density at radius 2 is 2.13 bits per heavy atom. The van der Waals surface area contributed by atoms with E-state index >= 15 is 0 Å². The van der Waals surface area contributed by atoms with Gasteiger partial charge in [-0.15, -0.1) is 0 Å². The lowest BCUT2D eigenvalue weighted by molar-refractivity contribution is -0.126. The van der Waals surface area contributed by atoms with Crippen LogP contribution >= 0.6 is 0 Å². The standard InChI is InChI=1S/C12H23NO2/c1-9(7-12(2,3)4)6-11-13(5)10(14)8-15-11/h9,11H,6-8H2,1-5H3. The lowest BCUT2D eigenvalue weighted by Gasteiger charge is -2.27. The molecule has 0 N–H and O–H groups in total. The Labute approximate surface area is 92.8 Å². The highest BCUT2D eigenvalue weighted by atomic mass is 16.5. The summed E-state index contributed by atoms with van der Waals surface area (Å²) in [5, 5.41) is 0. The van der Waals surface area contributed by atoms with E-state index in [4.69, 9.17) is 4.74 Å². The SMILES string of the molecule is CC(CC1OCC(=O)N1C)CC(C)(C)C. The second-order valence-corrected chi connectivity index (χ2v) is 5.88. The van der Waals surface area contributed by atoms with Gasteiger partial charge in [-0.25, -0.2) is 0 Å². The first-order valence-corrected chi connectivity index (χ1v) is 5.67. The number of rotatable bonds is 3. The Hall–Kier alpha value is -0.570. The van der Waals surface area contributed by atoms with Crippen LogP contribution in [0, 0.1) is 11.3 Å². The van der Waals surface area contributed by atoms with E-state index in [0.717, 1.165) is 12.8 Å². The Bertz CT molecular complexity index is 232. The fourth-order valence-corrected chi connectivity index (χ4v) is 2.24. The molecule has 1 rings (SSSR count). The number of hydrogen-bond acceptors (Lipinski definition) is 2. The van der Waals surface area contributed by atoms with Gasteiger partial charge in [0.15, 0.2) is 0 Å². The van der Waals surface area contributed by atoms with Crippen molar-refractivity contribution in [3.8, 4) is 0 Å². The van der Waals surface area contributed by atoms with Crippen molar-refractivity contribution < 1.29 is 9.53 Å². The summed E-state index contributed by atoms with van der Waals surface area (Å²) in [6.07, 6.45) is 2.10. The number of amides is 1. The maximum atomic E-state index is 11.3. The first-order chi connectivity index (χ1) is 6.79. The molecule has 0 spiro atoms. The summed E-state index contributed by atoms with van der Waals surface area (Å²) in [4.78, 5) is 13.0. The van der Waals surface area contributed by atoms with Crippen LogP contribution in [0.25, 0.3) is 0 Å². The highest BCUT2D eigenvalue weighted by molar-refractivity contribution is 5.78.